The predicted octanol–water partition coefficient (Wildman–Crippen LogP) is 6.64. The first kappa shape index (κ1) is 26.8. The number of hydrogen-bond donors (Lipinski definition) is 0. The Hall–Kier alpha value is -3.28. The van der Waals surface area contributed by atoms with Crippen molar-refractivity contribution in [2.45, 2.75) is 51.3 Å². The van der Waals surface area contributed by atoms with E-state index in [1.165, 1.54) is 15.4 Å². The zero-order chi connectivity index (χ0) is 26.4. The molecule has 0 amide bonds. The summed E-state index contributed by atoms with van der Waals surface area (Å²) in [5, 5.41) is 0. The van der Waals surface area contributed by atoms with E-state index in [-0.39, 0.29) is 23.8 Å². The summed E-state index contributed by atoms with van der Waals surface area (Å²) < 4.78 is 28.6. The van der Waals surface area contributed by atoms with Gasteiger partial charge >= 0.3 is 0 Å². The third-order valence-electron chi connectivity index (χ3n) is 6.65. The molecule has 3 aromatic rings. The number of aryl methyl sites for hydroxylation is 3. The Bertz CT molecular complexity index is 1330. The standard InChI is InChI=1S/C32H35NO3S/c1-4-6-25-10-14-27(15-11-25)20-29-22-33(37(35,36)31-18-8-24(3)9-19-31)23-30(32(29)34)21-28-16-12-26(7-5-2)13-17-28/h8-21H,4-7,22-23H2,1-3H3/b29-20-,30-21+. The minimum absolute atomic E-state index is 0.0402. The number of Topliss-reactive ketones (excluding diaryl/α,β-unsaturated/α-hetero) is 1. The molecule has 0 unspecified atom stereocenters. The van der Waals surface area contributed by atoms with Crippen molar-refractivity contribution < 1.29 is 13.2 Å². The van der Waals surface area contributed by atoms with Crippen LogP contribution in [0.4, 0.5) is 0 Å². The molecule has 4 nitrogen and oxygen atoms in total. The van der Waals surface area contributed by atoms with E-state index >= 15 is 0 Å². The lowest BCUT2D eigenvalue weighted by Gasteiger charge is -2.29. The van der Waals surface area contributed by atoms with Crippen LogP contribution in [0, 0.1) is 6.92 Å². The first-order valence-corrected chi connectivity index (χ1v) is 14.4. The van der Waals surface area contributed by atoms with Crippen LogP contribution in [0.1, 0.15) is 54.5 Å². The van der Waals surface area contributed by atoms with E-state index in [0.717, 1.165) is 42.4 Å². The average molecular weight is 514 g/mol. The Labute approximate surface area is 221 Å². The van der Waals surface area contributed by atoms with E-state index in [1.807, 2.05) is 43.3 Å². The third-order valence-corrected chi connectivity index (χ3v) is 8.46. The van der Waals surface area contributed by atoms with Crippen LogP contribution < -0.4 is 0 Å². The van der Waals surface area contributed by atoms with E-state index < -0.39 is 10.0 Å². The number of ketones is 1. The summed E-state index contributed by atoms with van der Waals surface area (Å²) in [6.45, 7) is 6.29. The highest BCUT2D eigenvalue weighted by Gasteiger charge is 2.34. The molecular formula is C32H35NO3S. The SMILES string of the molecule is CCCc1ccc(/C=C2/CN(S(=O)(=O)c3ccc(C)cc3)C/C(=C\c3ccc(CCC)cc3)C2=O)cc1. The van der Waals surface area contributed by atoms with Gasteiger partial charge in [-0.05, 0) is 66.3 Å². The molecule has 0 bridgehead atoms. The third kappa shape index (κ3) is 6.54. The maximum absolute atomic E-state index is 13.6. The van der Waals surface area contributed by atoms with Gasteiger partial charge in [-0.2, -0.15) is 4.31 Å². The van der Waals surface area contributed by atoms with Crippen LogP contribution in [-0.4, -0.2) is 31.6 Å². The Morgan fingerprint density at radius 3 is 1.54 bits per heavy atom. The smallest absolute Gasteiger partial charge is 0.243 e. The number of piperidine rings is 1. The van der Waals surface area contributed by atoms with Gasteiger partial charge in [0, 0.05) is 24.2 Å². The predicted molar refractivity (Wildman–Crippen MR) is 152 cm³/mol. The molecule has 1 aliphatic heterocycles. The van der Waals surface area contributed by atoms with E-state index in [0.29, 0.717) is 11.1 Å². The van der Waals surface area contributed by atoms with Crippen LogP contribution in [-0.2, 0) is 27.7 Å². The van der Waals surface area contributed by atoms with E-state index in [2.05, 4.69) is 38.1 Å². The number of hydrogen-bond acceptors (Lipinski definition) is 3. The lowest BCUT2D eigenvalue weighted by molar-refractivity contribution is -0.113. The van der Waals surface area contributed by atoms with Gasteiger partial charge in [0.25, 0.3) is 0 Å². The van der Waals surface area contributed by atoms with Crippen LogP contribution in [0.5, 0.6) is 0 Å². The number of carbonyl (C=O) groups excluding carboxylic acids is 1. The molecule has 0 atom stereocenters. The van der Waals surface area contributed by atoms with Crippen molar-refractivity contribution in [3.05, 3.63) is 112 Å². The molecule has 3 aromatic carbocycles. The molecule has 5 heteroatoms. The lowest BCUT2D eigenvalue weighted by atomic mass is 9.95. The quantitative estimate of drug-likeness (QED) is 0.317. The minimum Gasteiger partial charge on any atom is -0.289 e. The van der Waals surface area contributed by atoms with Crippen LogP contribution in [0.15, 0.2) is 88.8 Å². The van der Waals surface area contributed by atoms with E-state index in [4.69, 9.17) is 0 Å². The zero-order valence-corrected chi connectivity index (χ0v) is 22.7. The molecule has 0 aliphatic carbocycles. The number of sulfonamides is 1. The van der Waals surface area contributed by atoms with Gasteiger partial charge in [-0.1, -0.05) is 92.9 Å². The first-order chi connectivity index (χ1) is 17.8. The lowest BCUT2D eigenvalue weighted by Crippen LogP contribution is -2.41. The summed E-state index contributed by atoms with van der Waals surface area (Å²) in [6.07, 6.45) is 7.79. The fourth-order valence-corrected chi connectivity index (χ4v) is 5.97. The molecule has 37 heavy (non-hydrogen) atoms. The second-order valence-corrected chi connectivity index (χ2v) is 11.7. The number of benzene rings is 3. The van der Waals surface area contributed by atoms with Crippen molar-refractivity contribution in [2.75, 3.05) is 13.1 Å². The van der Waals surface area contributed by atoms with Gasteiger partial charge in [-0.3, -0.25) is 4.79 Å². The van der Waals surface area contributed by atoms with Crippen molar-refractivity contribution >= 4 is 28.0 Å². The minimum atomic E-state index is -3.78. The number of nitrogens with zero attached hydrogens (tertiary/aromatic N) is 1. The maximum atomic E-state index is 13.6. The summed E-state index contributed by atoms with van der Waals surface area (Å²) in [5.74, 6) is -0.106. The molecule has 0 spiro atoms. The van der Waals surface area contributed by atoms with Gasteiger partial charge in [-0.15, -0.1) is 0 Å². The number of carbonyl (C=O) groups is 1. The highest BCUT2D eigenvalue weighted by atomic mass is 32.2. The Morgan fingerprint density at radius 2 is 1.14 bits per heavy atom. The van der Waals surface area contributed by atoms with E-state index in [9.17, 15) is 13.2 Å². The summed E-state index contributed by atoms with van der Waals surface area (Å²) in [5.41, 5.74) is 6.21. The molecule has 192 valence electrons. The molecule has 0 N–H and O–H groups in total. The van der Waals surface area contributed by atoms with Gasteiger partial charge in [0.05, 0.1) is 4.90 Å². The second-order valence-electron chi connectivity index (χ2n) is 9.74. The molecule has 1 aliphatic rings. The summed E-state index contributed by atoms with van der Waals surface area (Å²) in [4.78, 5) is 13.8. The highest BCUT2D eigenvalue weighted by Crippen LogP contribution is 2.27. The van der Waals surface area contributed by atoms with Crippen molar-refractivity contribution in [2.24, 2.45) is 0 Å². The normalized spacial score (nSPS) is 17.0. The molecule has 0 radical (unpaired) electrons. The van der Waals surface area contributed by atoms with Gasteiger partial charge in [0.2, 0.25) is 10.0 Å². The van der Waals surface area contributed by atoms with E-state index in [1.54, 1.807) is 24.3 Å². The summed E-state index contributed by atoms with van der Waals surface area (Å²) in [6, 6.07) is 23.1. The molecule has 1 saturated heterocycles. The molecule has 0 aromatic heterocycles. The Balaban J connectivity index is 1.72. The number of rotatable bonds is 8. The van der Waals surface area contributed by atoms with Crippen LogP contribution in [0.3, 0.4) is 0 Å². The van der Waals surface area contributed by atoms with Crippen molar-refractivity contribution in [1.29, 1.82) is 0 Å². The van der Waals surface area contributed by atoms with Crippen molar-refractivity contribution in [1.82, 2.24) is 4.31 Å². The summed E-state index contributed by atoms with van der Waals surface area (Å²) in [7, 11) is -3.78. The molecule has 0 saturated carbocycles. The molecular weight excluding hydrogens is 478 g/mol. The van der Waals surface area contributed by atoms with Crippen LogP contribution >= 0.6 is 0 Å². The van der Waals surface area contributed by atoms with Gasteiger partial charge < -0.3 is 0 Å². The Morgan fingerprint density at radius 1 is 0.703 bits per heavy atom. The Kier molecular flexibility index (Phi) is 8.57. The highest BCUT2D eigenvalue weighted by molar-refractivity contribution is 7.89. The zero-order valence-electron chi connectivity index (χ0n) is 21.9. The summed E-state index contributed by atoms with van der Waals surface area (Å²) >= 11 is 0. The average Bonchev–Trinajstić information content (AvgIpc) is 2.89. The topological polar surface area (TPSA) is 54.5 Å². The van der Waals surface area contributed by atoms with Crippen LogP contribution in [0.25, 0.3) is 12.2 Å². The first-order valence-electron chi connectivity index (χ1n) is 13.0. The monoisotopic (exact) mass is 513 g/mol. The largest absolute Gasteiger partial charge is 0.289 e. The van der Waals surface area contributed by atoms with Crippen molar-refractivity contribution in [3.63, 3.8) is 0 Å². The maximum Gasteiger partial charge on any atom is 0.243 e. The van der Waals surface area contributed by atoms with Crippen molar-refractivity contribution in [3.8, 4) is 0 Å². The van der Waals surface area contributed by atoms with Gasteiger partial charge in [-0.25, -0.2) is 8.42 Å². The fraction of sp³-hybridized carbons (Fsp3) is 0.281. The van der Waals surface area contributed by atoms with Crippen LogP contribution in [0.2, 0.25) is 0 Å². The molecule has 1 heterocycles. The fourth-order valence-electron chi connectivity index (χ4n) is 4.58. The van der Waals surface area contributed by atoms with Gasteiger partial charge in [0.15, 0.2) is 5.78 Å². The molecule has 4 rings (SSSR count). The van der Waals surface area contributed by atoms with Gasteiger partial charge in [0.1, 0.15) is 0 Å². The molecule has 1 fully saturated rings. The second kappa shape index (κ2) is 11.8.